The van der Waals surface area contributed by atoms with E-state index in [0.717, 1.165) is 0 Å². The maximum Gasteiger partial charge on any atom is 0.513 e. The van der Waals surface area contributed by atoms with Crippen molar-refractivity contribution in [1.29, 1.82) is 0 Å². The molecule has 0 aromatic heterocycles. The average Bonchev–Trinajstić information content (AvgIpc) is 2.85. The number of carbonyl (C=O) groups is 4. The van der Waals surface area contributed by atoms with Crippen molar-refractivity contribution >= 4 is 24.2 Å². The summed E-state index contributed by atoms with van der Waals surface area (Å²) in [6.45, 7) is 7.86. The smallest absolute Gasteiger partial charge is 0.468 e. The summed E-state index contributed by atoms with van der Waals surface area (Å²) >= 11 is 0. The summed E-state index contributed by atoms with van der Waals surface area (Å²) in [7, 11) is 1.20. The second-order valence-electron chi connectivity index (χ2n) is 8.91. The summed E-state index contributed by atoms with van der Waals surface area (Å²) in [5.74, 6) is -0.942. The summed E-state index contributed by atoms with van der Waals surface area (Å²) in [6.07, 6.45) is 0.110. The summed E-state index contributed by atoms with van der Waals surface area (Å²) < 4.78 is 30.4. The third-order valence-corrected chi connectivity index (χ3v) is 5.09. The lowest BCUT2D eigenvalue weighted by Gasteiger charge is -2.26. The van der Waals surface area contributed by atoms with Crippen LogP contribution in [0.5, 0.6) is 11.5 Å². The minimum atomic E-state index is -1.55. The molecule has 1 aromatic carbocycles. The van der Waals surface area contributed by atoms with E-state index in [-0.39, 0.29) is 56.6 Å². The zero-order valence-electron chi connectivity index (χ0n) is 22.3. The van der Waals surface area contributed by atoms with Gasteiger partial charge in [-0.15, -0.1) is 0 Å². The number of ether oxygens (including phenoxy) is 6. The SMILES string of the molecule is CCCOC(=O)Oc1ccc(C[C@](N)(CCOC(=O)CCC(C)C)C(=O)OC)cc1OC(=O)OCCC. The van der Waals surface area contributed by atoms with Crippen LogP contribution in [0.3, 0.4) is 0 Å². The van der Waals surface area contributed by atoms with Gasteiger partial charge in [0, 0.05) is 19.3 Å². The highest BCUT2D eigenvalue weighted by molar-refractivity contribution is 5.81. The second kappa shape index (κ2) is 16.4. The lowest BCUT2D eigenvalue weighted by atomic mass is 9.88. The van der Waals surface area contributed by atoms with Crippen molar-refractivity contribution in [2.24, 2.45) is 11.7 Å². The number of hydrogen-bond donors (Lipinski definition) is 1. The molecule has 0 saturated carbocycles. The van der Waals surface area contributed by atoms with Gasteiger partial charge in [-0.2, -0.15) is 0 Å². The van der Waals surface area contributed by atoms with Crippen LogP contribution >= 0.6 is 0 Å². The molecule has 0 aliphatic carbocycles. The fourth-order valence-electron chi connectivity index (χ4n) is 3.09. The number of rotatable bonds is 15. The molecule has 0 spiro atoms. The van der Waals surface area contributed by atoms with Crippen LogP contribution in [0.25, 0.3) is 0 Å². The molecular weight excluding hydrogens is 486 g/mol. The molecule has 11 heteroatoms. The lowest BCUT2D eigenvalue weighted by molar-refractivity contribution is -0.151. The highest BCUT2D eigenvalue weighted by atomic mass is 16.7. The van der Waals surface area contributed by atoms with E-state index in [4.69, 9.17) is 34.2 Å². The summed E-state index contributed by atoms with van der Waals surface area (Å²) in [6, 6.07) is 4.33. The Labute approximate surface area is 217 Å². The van der Waals surface area contributed by atoms with Gasteiger partial charge in [-0.05, 0) is 42.9 Å². The van der Waals surface area contributed by atoms with Crippen molar-refractivity contribution in [2.75, 3.05) is 26.9 Å². The van der Waals surface area contributed by atoms with Gasteiger partial charge < -0.3 is 34.2 Å². The van der Waals surface area contributed by atoms with E-state index in [1.807, 2.05) is 27.7 Å². The van der Waals surface area contributed by atoms with E-state index in [2.05, 4.69) is 0 Å². The molecule has 0 bridgehead atoms. The van der Waals surface area contributed by atoms with E-state index in [9.17, 15) is 19.2 Å². The number of carbonyl (C=O) groups excluding carboxylic acids is 4. The molecule has 0 amide bonds. The van der Waals surface area contributed by atoms with Crippen LogP contribution in [0, 0.1) is 5.92 Å². The lowest BCUT2D eigenvalue weighted by Crippen LogP contribution is -2.51. The van der Waals surface area contributed by atoms with Crippen molar-refractivity contribution < 1.29 is 47.6 Å². The van der Waals surface area contributed by atoms with E-state index >= 15 is 0 Å². The third-order valence-electron chi connectivity index (χ3n) is 5.09. The van der Waals surface area contributed by atoms with Crippen molar-refractivity contribution in [3.8, 4) is 11.5 Å². The minimum Gasteiger partial charge on any atom is -0.468 e. The van der Waals surface area contributed by atoms with Gasteiger partial charge >= 0.3 is 24.2 Å². The van der Waals surface area contributed by atoms with Gasteiger partial charge in [0.05, 0.1) is 26.9 Å². The molecule has 0 aliphatic rings. The monoisotopic (exact) mass is 525 g/mol. The van der Waals surface area contributed by atoms with Crippen molar-refractivity contribution in [3.63, 3.8) is 0 Å². The molecule has 1 atom stereocenters. The Bertz CT molecular complexity index is 901. The quantitative estimate of drug-likeness (QED) is 0.198. The zero-order chi connectivity index (χ0) is 27.8. The molecule has 208 valence electrons. The third kappa shape index (κ3) is 12.0. The van der Waals surface area contributed by atoms with Crippen LogP contribution in [-0.2, 0) is 35.0 Å². The molecule has 2 N–H and O–H groups in total. The first-order valence-corrected chi connectivity index (χ1v) is 12.4. The Morgan fingerprint density at radius 3 is 2.03 bits per heavy atom. The molecule has 0 radical (unpaired) electrons. The molecule has 0 fully saturated rings. The Morgan fingerprint density at radius 2 is 1.49 bits per heavy atom. The molecular formula is C26H39NO10. The van der Waals surface area contributed by atoms with Gasteiger partial charge in [0.25, 0.3) is 0 Å². The maximum absolute atomic E-state index is 12.5. The highest BCUT2D eigenvalue weighted by Crippen LogP contribution is 2.31. The number of hydrogen-bond acceptors (Lipinski definition) is 11. The fourth-order valence-corrected chi connectivity index (χ4v) is 3.09. The molecule has 0 unspecified atom stereocenters. The van der Waals surface area contributed by atoms with Crippen molar-refractivity contribution in [1.82, 2.24) is 0 Å². The molecule has 37 heavy (non-hydrogen) atoms. The highest BCUT2D eigenvalue weighted by Gasteiger charge is 2.36. The summed E-state index contributed by atoms with van der Waals surface area (Å²) in [5.41, 5.74) is 5.30. The van der Waals surface area contributed by atoms with E-state index < -0.39 is 23.8 Å². The van der Waals surface area contributed by atoms with E-state index in [1.54, 1.807) is 6.07 Å². The molecule has 0 heterocycles. The predicted molar refractivity (Wildman–Crippen MR) is 133 cm³/mol. The predicted octanol–water partition coefficient (Wildman–Crippen LogP) is 4.32. The maximum atomic E-state index is 12.5. The first kappa shape index (κ1) is 31.7. The molecule has 11 nitrogen and oxygen atoms in total. The Morgan fingerprint density at radius 1 is 0.892 bits per heavy atom. The van der Waals surface area contributed by atoms with E-state index in [1.165, 1.54) is 19.2 Å². The van der Waals surface area contributed by atoms with Crippen LogP contribution in [0.15, 0.2) is 18.2 Å². The van der Waals surface area contributed by atoms with Crippen molar-refractivity contribution in [2.45, 2.75) is 71.8 Å². The van der Waals surface area contributed by atoms with Crippen LogP contribution in [-0.4, -0.2) is 56.7 Å². The van der Waals surface area contributed by atoms with Crippen LogP contribution in [0.1, 0.15) is 65.4 Å². The van der Waals surface area contributed by atoms with Gasteiger partial charge in [0.15, 0.2) is 11.5 Å². The largest absolute Gasteiger partial charge is 0.513 e. The van der Waals surface area contributed by atoms with Crippen LogP contribution in [0.4, 0.5) is 9.59 Å². The first-order valence-electron chi connectivity index (χ1n) is 12.4. The van der Waals surface area contributed by atoms with Gasteiger partial charge in [-0.3, -0.25) is 9.59 Å². The number of methoxy groups -OCH3 is 1. The van der Waals surface area contributed by atoms with Crippen LogP contribution in [0.2, 0.25) is 0 Å². The fraction of sp³-hybridized carbons (Fsp3) is 0.615. The van der Waals surface area contributed by atoms with Gasteiger partial charge in [0.1, 0.15) is 5.54 Å². The number of esters is 2. The normalized spacial score (nSPS) is 12.3. The molecule has 0 saturated heterocycles. The number of benzene rings is 1. The topological polar surface area (TPSA) is 150 Å². The van der Waals surface area contributed by atoms with E-state index in [0.29, 0.717) is 30.7 Å². The van der Waals surface area contributed by atoms with Gasteiger partial charge in [-0.25, -0.2) is 9.59 Å². The second-order valence-corrected chi connectivity index (χ2v) is 8.91. The standard InChI is InChI=1S/C26H39NO10/c1-6-13-34-24(30)36-20-10-9-19(16-21(20)37-25(31)35-14-7-2)17-26(27,23(29)32-5)12-15-33-22(28)11-8-18(3)4/h9-10,16,18H,6-8,11-15,17,27H2,1-5H3/t26-/m1/s1. The Hall–Kier alpha value is -3.34. The minimum absolute atomic E-state index is 0.0105. The van der Waals surface area contributed by atoms with Crippen molar-refractivity contribution in [3.05, 3.63) is 23.8 Å². The number of nitrogens with two attached hydrogens (primary N) is 1. The molecule has 1 rings (SSSR count). The van der Waals surface area contributed by atoms with Crippen LogP contribution < -0.4 is 15.2 Å². The molecule has 1 aromatic rings. The zero-order valence-corrected chi connectivity index (χ0v) is 22.3. The van der Waals surface area contributed by atoms with Gasteiger partial charge in [-0.1, -0.05) is 33.8 Å². The summed E-state index contributed by atoms with van der Waals surface area (Å²) in [4.78, 5) is 48.5. The first-order chi connectivity index (χ1) is 17.5. The summed E-state index contributed by atoms with van der Waals surface area (Å²) in [5, 5.41) is 0. The Balaban J connectivity index is 3.07. The average molecular weight is 526 g/mol. The van der Waals surface area contributed by atoms with Gasteiger partial charge in [0.2, 0.25) is 0 Å². The Kier molecular flexibility index (Phi) is 14.1. The molecule has 0 aliphatic heterocycles.